The lowest BCUT2D eigenvalue weighted by Crippen LogP contribution is -2.51. The van der Waals surface area contributed by atoms with Crippen molar-refractivity contribution in [3.05, 3.63) is 95.6 Å². The summed E-state index contributed by atoms with van der Waals surface area (Å²) in [6, 6.07) is 24.6. The normalized spacial score (nSPS) is 15.2. The summed E-state index contributed by atoms with van der Waals surface area (Å²) in [6.07, 6.45) is 2.01. The van der Waals surface area contributed by atoms with Crippen LogP contribution in [0.25, 0.3) is 11.1 Å². The maximum atomic E-state index is 13.5. The van der Waals surface area contributed by atoms with E-state index in [2.05, 4.69) is 24.3 Å². The zero-order valence-corrected chi connectivity index (χ0v) is 22.3. The first-order valence-corrected chi connectivity index (χ1v) is 13.6. The summed E-state index contributed by atoms with van der Waals surface area (Å²) >= 11 is 0. The third-order valence-corrected chi connectivity index (χ3v) is 7.65. The average molecular weight is 527 g/mol. The Balaban J connectivity index is 1.27. The number of likely N-dealkylation sites (tertiary alicyclic amines) is 1. The summed E-state index contributed by atoms with van der Waals surface area (Å²) in [5.74, 6) is -0.878. The van der Waals surface area contributed by atoms with Gasteiger partial charge in [0, 0.05) is 26.1 Å². The number of esters is 1. The van der Waals surface area contributed by atoms with Crippen molar-refractivity contribution in [2.75, 3.05) is 26.7 Å². The van der Waals surface area contributed by atoms with Gasteiger partial charge in [0.2, 0.25) is 5.91 Å². The first kappa shape index (κ1) is 26.5. The SMILES string of the molecule is CN(C(=O)OCC1c2ccccc2-c2ccccc21)C(CC(=O)OCc1ccccc1)C(=O)N1CCCCC1. The van der Waals surface area contributed by atoms with Crippen molar-refractivity contribution in [1.29, 1.82) is 0 Å². The number of hydrogen-bond acceptors (Lipinski definition) is 5. The van der Waals surface area contributed by atoms with Crippen LogP contribution in [0.4, 0.5) is 4.79 Å². The van der Waals surface area contributed by atoms with Gasteiger partial charge in [-0.1, -0.05) is 78.9 Å². The highest BCUT2D eigenvalue weighted by atomic mass is 16.6. The Hall–Kier alpha value is -4.13. The fourth-order valence-corrected chi connectivity index (χ4v) is 5.49. The highest BCUT2D eigenvalue weighted by Crippen LogP contribution is 2.44. The molecular weight excluding hydrogens is 492 g/mol. The minimum atomic E-state index is -0.998. The van der Waals surface area contributed by atoms with Gasteiger partial charge in [0.25, 0.3) is 0 Å². The molecule has 0 bridgehead atoms. The van der Waals surface area contributed by atoms with E-state index in [0.717, 1.165) is 47.1 Å². The zero-order valence-electron chi connectivity index (χ0n) is 22.3. The quantitative estimate of drug-likeness (QED) is 0.368. The number of benzene rings is 3. The number of amides is 2. The molecule has 7 heteroatoms. The zero-order chi connectivity index (χ0) is 27.2. The molecule has 5 rings (SSSR count). The summed E-state index contributed by atoms with van der Waals surface area (Å²) in [4.78, 5) is 42.6. The van der Waals surface area contributed by atoms with Crippen LogP contribution in [-0.4, -0.2) is 60.6 Å². The van der Waals surface area contributed by atoms with Crippen LogP contribution < -0.4 is 0 Å². The standard InChI is InChI=1S/C32H34N2O5/c1-33(32(37)39-22-28-26-16-8-6-14-24(26)25-15-7-9-17-27(25)28)29(31(36)34-18-10-3-11-19-34)20-30(35)38-21-23-12-4-2-5-13-23/h2,4-9,12-17,28-29H,3,10-11,18-22H2,1H3. The van der Waals surface area contributed by atoms with E-state index >= 15 is 0 Å². The lowest BCUT2D eigenvalue weighted by atomic mass is 9.98. The molecule has 39 heavy (non-hydrogen) atoms. The third-order valence-electron chi connectivity index (χ3n) is 7.65. The average Bonchev–Trinajstić information content (AvgIpc) is 3.31. The second kappa shape index (κ2) is 12.2. The molecule has 0 N–H and O–H groups in total. The lowest BCUT2D eigenvalue weighted by Gasteiger charge is -2.33. The van der Waals surface area contributed by atoms with Crippen molar-refractivity contribution in [1.82, 2.24) is 9.80 Å². The van der Waals surface area contributed by atoms with E-state index in [-0.39, 0.29) is 31.5 Å². The molecule has 1 unspecified atom stereocenters. The van der Waals surface area contributed by atoms with Crippen molar-refractivity contribution in [3.63, 3.8) is 0 Å². The van der Waals surface area contributed by atoms with Crippen LogP contribution in [0.5, 0.6) is 0 Å². The maximum absolute atomic E-state index is 13.5. The van der Waals surface area contributed by atoms with Gasteiger partial charge in [-0.15, -0.1) is 0 Å². The van der Waals surface area contributed by atoms with Crippen LogP contribution in [0.3, 0.4) is 0 Å². The van der Waals surface area contributed by atoms with Crippen molar-refractivity contribution in [2.24, 2.45) is 0 Å². The van der Waals surface area contributed by atoms with Gasteiger partial charge in [0.05, 0.1) is 6.42 Å². The summed E-state index contributed by atoms with van der Waals surface area (Å²) in [5, 5.41) is 0. The molecule has 0 spiro atoms. The van der Waals surface area contributed by atoms with Gasteiger partial charge in [0.15, 0.2) is 0 Å². The summed E-state index contributed by atoms with van der Waals surface area (Å²) in [5.41, 5.74) is 5.36. The van der Waals surface area contributed by atoms with Crippen LogP contribution in [-0.2, 0) is 25.7 Å². The third kappa shape index (κ3) is 5.98. The molecule has 0 aromatic heterocycles. The Morgan fingerprint density at radius 1 is 0.821 bits per heavy atom. The first-order chi connectivity index (χ1) is 19.0. The molecule has 3 aromatic rings. The molecule has 1 saturated heterocycles. The number of hydrogen-bond donors (Lipinski definition) is 0. The molecule has 1 heterocycles. The molecule has 3 aromatic carbocycles. The first-order valence-electron chi connectivity index (χ1n) is 13.6. The van der Waals surface area contributed by atoms with Crippen LogP contribution in [0.15, 0.2) is 78.9 Å². The Bertz CT molecular complexity index is 1270. The Labute approximate surface area is 229 Å². The molecule has 202 valence electrons. The van der Waals surface area contributed by atoms with Crippen LogP contribution in [0.1, 0.15) is 48.3 Å². The predicted molar refractivity (Wildman–Crippen MR) is 148 cm³/mol. The van der Waals surface area contributed by atoms with E-state index in [1.54, 1.807) is 4.90 Å². The summed E-state index contributed by atoms with van der Waals surface area (Å²) in [7, 11) is 1.52. The van der Waals surface area contributed by atoms with Crippen molar-refractivity contribution >= 4 is 18.0 Å². The van der Waals surface area contributed by atoms with Crippen molar-refractivity contribution < 1.29 is 23.9 Å². The van der Waals surface area contributed by atoms with Gasteiger partial charge >= 0.3 is 12.1 Å². The number of fused-ring (bicyclic) bond motifs is 3. The molecule has 1 aliphatic carbocycles. The second-order valence-corrected chi connectivity index (χ2v) is 10.2. The van der Waals surface area contributed by atoms with Gasteiger partial charge in [-0.05, 0) is 47.1 Å². The number of rotatable bonds is 8. The van der Waals surface area contributed by atoms with Crippen molar-refractivity contribution in [2.45, 2.75) is 44.2 Å². The second-order valence-electron chi connectivity index (χ2n) is 10.2. The van der Waals surface area contributed by atoms with E-state index in [1.807, 2.05) is 54.6 Å². The molecule has 0 radical (unpaired) electrons. The van der Waals surface area contributed by atoms with E-state index in [1.165, 1.54) is 11.9 Å². The Morgan fingerprint density at radius 2 is 1.41 bits per heavy atom. The summed E-state index contributed by atoms with van der Waals surface area (Å²) < 4.78 is 11.3. The molecule has 2 amide bonds. The van der Waals surface area contributed by atoms with E-state index < -0.39 is 18.1 Å². The van der Waals surface area contributed by atoms with Crippen LogP contribution >= 0.6 is 0 Å². The van der Waals surface area contributed by atoms with E-state index in [9.17, 15) is 14.4 Å². The number of carbonyl (C=O) groups is 3. The monoisotopic (exact) mass is 526 g/mol. The fourth-order valence-electron chi connectivity index (χ4n) is 5.49. The topological polar surface area (TPSA) is 76.1 Å². The van der Waals surface area contributed by atoms with E-state index in [0.29, 0.717) is 13.1 Å². The van der Waals surface area contributed by atoms with E-state index in [4.69, 9.17) is 9.47 Å². The number of carbonyl (C=O) groups excluding carboxylic acids is 3. The largest absolute Gasteiger partial charge is 0.461 e. The van der Waals surface area contributed by atoms with Gasteiger partial charge in [0.1, 0.15) is 19.3 Å². The lowest BCUT2D eigenvalue weighted by molar-refractivity contribution is -0.150. The van der Waals surface area contributed by atoms with Gasteiger partial charge in [-0.2, -0.15) is 0 Å². The van der Waals surface area contributed by atoms with Crippen LogP contribution in [0.2, 0.25) is 0 Å². The molecular formula is C32H34N2O5. The molecule has 0 saturated carbocycles. The van der Waals surface area contributed by atoms with Crippen molar-refractivity contribution in [3.8, 4) is 11.1 Å². The molecule has 7 nitrogen and oxygen atoms in total. The summed E-state index contributed by atoms with van der Waals surface area (Å²) in [6.45, 7) is 1.49. The highest BCUT2D eigenvalue weighted by Gasteiger charge is 2.35. The number of ether oxygens (including phenoxy) is 2. The Kier molecular flexibility index (Phi) is 8.25. The number of likely N-dealkylation sites (N-methyl/N-ethyl adjacent to an activating group) is 1. The van der Waals surface area contributed by atoms with Gasteiger partial charge in [-0.25, -0.2) is 4.79 Å². The number of piperidine rings is 1. The van der Waals surface area contributed by atoms with Gasteiger partial charge < -0.3 is 14.4 Å². The minimum absolute atomic E-state index is 0.0955. The molecule has 1 aliphatic heterocycles. The molecule has 2 aliphatic rings. The van der Waals surface area contributed by atoms with Gasteiger partial charge in [-0.3, -0.25) is 14.5 Å². The minimum Gasteiger partial charge on any atom is -0.461 e. The van der Waals surface area contributed by atoms with Crippen LogP contribution in [0, 0.1) is 0 Å². The molecule has 1 fully saturated rings. The Morgan fingerprint density at radius 3 is 2.05 bits per heavy atom. The predicted octanol–water partition coefficient (Wildman–Crippen LogP) is 5.38. The smallest absolute Gasteiger partial charge is 0.410 e. The number of nitrogens with zero attached hydrogens (tertiary/aromatic N) is 2. The molecule has 1 atom stereocenters. The highest BCUT2D eigenvalue weighted by molar-refractivity contribution is 5.89. The fraction of sp³-hybridized carbons (Fsp3) is 0.344. The maximum Gasteiger partial charge on any atom is 0.410 e.